The molecule has 0 spiro atoms. The second-order valence-corrected chi connectivity index (χ2v) is 9.24. The van der Waals surface area contributed by atoms with Crippen molar-refractivity contribution in [1.29, 1.82) is 5.26 Å². The van der Waals surface area contributed by atoms with E-state index in [-0.39, 0.29) is 17.0 Å². The Kier molecular flexibility index (Phi) is 6.65. The van der Waals surface area contributed by atoms with Gasteiger partial charge in [0.15, 0.2) is 0 Å². The molecular weight excluding hydrogens is 464 g/mol. The number of piperazine rings is 1. The van der Waals surface area contributed by atoms with Gasteiger partial charge in [-0.05, 0) is 48.9 Å². The first-order chi connectivity index (χ1) is 18.0. The smallest absolute Gasteiger partial charge is 0.271 e. The summed E-state index contributed by atoms with van der Waals surface area (Å²) in [4.78, 5) is 30.6. The predicted molar refractivity (Wildman–Crippen MR) is 144 cm³/mol. The molecule has 7 heteroatoms. The minimum Gasteiger partial charge on any atom is -0.497 e. The fraction of sp³-hybridized carbons (Fsp3) is 0.233. The quantitative estimate of drug-likeness (QED) is 0.417. The van der Waals surface area contributed by atoms with E-state index < -0.39 is 0 Å². The Morgan fingerprint density at radius 1 is 0.973 bits per heavy atom. The molecule has 1 amide bonds. The number of fused-ring (bicyclic) bond motifs is 1. The van der Waals surface area contributed by atoms with Crippen molar-refractivity contribution in [3.8, 4) is 11.8 Å². The molecule has 0 aliphatic carbocycles. The molecule has 0 atom stereocenters. The standard InChI is InChI=1S/C30H28N4O3/c1-21-8-13-27-25(18-21)28(26(19-31)30(36)34(27)20-22-6-4-3-5-7-22)32-14-16-33(17-15-32)29(35)23-9-11-24(37-2)12-10-23/h3-13,18H,14-17,20H2,1-2H3. The average molecular weight is 493 g/mol. The number of anilines is 1. The minimum absolute atomic E-state index is 0.0400. The summed E-state index contributed by atoms with van der Waals surface area (Å²) in [5.41, 5.74) is 3.96. The van der Waals surface area contributed by atoms with E-state index in [0.717, 1.165) is 22.0 Å². The molecule has 2 heterocycles. The van der Waals surface area contributed by atoms with Crippen LogP contribution in [0.1, 0.15) is 27.0 Å². The van der Waals surface area contributed by atoms with Crippen LogP contribution < -0.4 is 15.2 Å². The molecule has 0 saturated carbocycles. The van der Waals surface area contributed by atoms with Gasteiger partial charge in [0, 0.05) is 37.1 Å². The number of aromatic nitrogens is 1. The van der Waals surface area contributed by atoms with Gasteiger partial charge in [-0.15, -0.1) is 0 Å². The lowest BCUT2D eigenvalue weighted by molar-refractivity contribution is 0.0747. The van der Waals surface area contributed by atoms with E-state index in [2.05, 4.69) is 11.0 Å². The van der Waals surface area contributed by atoms with Crippen LogP contribution in [0.2, 0.25) is 0 Å². The summed E-state index contributed by atoms with van der Waals surface area (Å²) in [7, 11) is 1.59. The molecule has 1 aliphatic heterocycles. The zero-order valence-electron chi connectivity index (χ0n) is 21.0. The Labute approximate surface area is 215 Å². The third kappa shape index (κ3) is 4.66. The number of ether oxygens (including phenoxy) is 1. The average Bonchev–Trinajstić information content (AvgIpc) is 2.94. The van der Waals surface area contributed by atoms with E-state index in [1.54, 1.807) is 35.9 Å². The van der Waals surface area contributed by atoms with E-state index >= 15 is 0 Å². The Morgan fingerprint density at radius 3 is 2.32 bits per heavy atom. The number of carbonyl (C=O) groups excluding carboxylic acids is 1. The van der Waals surface area contributed by atoms with Gasteiger partial charge >= 0.3 is 0 Å². The zero-order valence-corrected chi connectivity index (χ0v) is 21.0. The van der Waals surface area contributed by atoms with Crippen LogP contribution in [0, 0.1) is 18.3 Å². The third-order valence-corrected chi connectivity index (χ3v) is 6.91. The highest BCUT2D eigenvalue weighted by molar-refractivity contribution is 5.96. The molecule has 5 rings (SSSR count). The van der Waals surface area contributed by atoms with Gasteiger partial charge in [0.25, 0.3) is 11.5 Å². The molecule has 3 aromatic carbocycles. The first kappa shape index (κ1) is 24.1. The zero-order chi connectivity index (χ0) is 25.9. The van der Waals surface area contributed by atoms with E-state index in [1.165, 1.54) is 0 Å². The van der Waals surface area contributed by atoms with Crippen molar-refractivity contribution in [2.24, 2.45) is 0 Å². The second-order valence-electron chi connectivity index (χ2n) is 9.24. The number of methoxy groups -OCH3 is 1. The van der Waals surface area contributed by atoms with Crippen LogP contribution in [-0.2, 0) is 6.54 Å². The van der Waals surface area contributed by atoms with Gasteiger partial charge in [0.05, 0.1) is 24.9 Å². The molecule has 1 aromatic heterocycles. The first-order valence-corrected chi connectivity index (χ1v) is 12.3. The van der Waals surface area contributed by atoms with Crippen LogP contribution in [0.25, 0.3) is 10.9 Å². The second kappa shape index (κ2) is 10.2. The summed E-state index contributed by atoms with van der Waals surface area (Å²) in [6.07, 6.45) is 0. The topological polar surface area (TPSA) is 78.6 Å². The summed E-state index contributed by atoms with van der Waals surface area (Å²) in [6.45, 7) is 4.45. The van der Waals surface area contributed by atoms with Crippen LogP contribution >= 0.6 is 0 Å². The SMILES string of the molecule is COc1ccc(C(=O)N2CCN(c3c(C#N)c(=O)n(Cc4ccccc4)c4ccc(C)cc34)CC2)cc1. The Morgan fingerprint density at radius 2 is 1.68 bits per heavy atom. The van der Waals surface area contributed by atoms with Gasteiger partial charge in [-0.2, -0.15) is 5.26 Å². The lowest BCUT2D eigenvalue weighted by Gasteiger charge is -2.37. The lowest BCUT2D eigenvalue weighted by atomic mass is 10.0. The van der Waals surface area contributed by atoms with Gasteiger partial charge in [-0.3, -0.25) is 9.59 Å². The van der Waals surface area contributed by atoms with Crippen LogP contribution in [0.4, 0.5) is 5.69 Å². The third-order valence-electron chi connectivity index (χ3n) is 6.91. The molecule has 1 fully saturated rings. The predicted octanol–water partition coefficient (Wildman–Crippen LogP) is 4.20. The number of hydrogen-bond donors (Lipinski definition) is 0. The number of nitriles is 1. The normalized spacial score (nSPS) is 13.4. The molecule has 1 saturated heterocycles. The van der Waals surface area contributed by atoms with Crippen molar-refractivity contribution in [3.05, 3.63) is 105 Å². The van der Waals surface area contributed by atoms with Gasteiger partial charge in [-0.25, -0.2) is 0 Å². The molecule has 0 N–H and O–H groups in total. The number of nitrogens with zero attached hydrogens (tertiary/aromatic N) is 4. The van der Waals surface area contributed by atoms with E-state index in [1.807, 2.05) is 60.4 Å². The molecule has 4 aromatic rings. The summed E-state index contributed by atoms with van der Waals surface area (Å²) in [5, 5.41) is 11.0. The van der Waals surface area contributed by atoms with E-state index in [4.69, 9.17) is 4.74 Å². The summed E-state index contributed by atoms with van der Waals surface area (Å²) < 4.78 is 6.88. The highest BCUT2D eigenvalue weighted by Gasteiger charge is 2.27. The Balaban J connectivity index is 1.48. The summed E-state index contributed by atoms with van der Waals surface area (Å²) in [5.74, 6) is 0.663. The number of amides is 1. The highest BCUT2D eigenvalue weighted by Crippen LogP contribution is 2.31. The lowest BCUT2D eigenvalue weighted by Crippen LogP contribution is -2.49. The van der Waals surface area contributed by atoms with Crippen molar-refractivity contribution in [2.75, 3.05) is 38.2 Å². The van der Waals surface area contributed by atoms with Crippen LogP contribution in [0.15, 0.2) is 77.6 Å². The summed E-state index contributed by atoms with van der Waals surface area (Å²) in [6, 6.07) is 25.1. The van der Waals surface area contributed by atoms with E-state index in [9.17, 15) is 14.9 Å². The maximum Gasteiger partial charge on any atom is 0.271 e. The van der Waals surface area contributed by atoms with Crippen LogP contribution in [0.5, 0.6) is 5.75 Å². The van der Waals surface area contributed by atoms with Crippen LogP contribution in [0.3, 0.4) is 0 Å². The fourth-order valence-electron chi connectivity index (χ4n) is 4.96. The number of carbonyl (C=O) groups is 1. The van der Waals surface area contributed by atoms with Gasteiger partial charge in [0.1, 0.15) is 17.4 Å². The molecule has 0 bridgehead atoms. The van der Waals surface area contributed by atoms with Crippen molar-refractivity contribution in [1.82, 2.24) is 9.47 Å². The molecule has 0 radical (unpaired) electrons. The number of benzene rings is 3. The van der Waals surface area contributed by atoms with E-state index in [0.29, 0.717) is 49.7 Å². The van der Waals surface area contributed by atoms with Crippen molar-refractivity contribution in [3.63, 3.8) is 0 Å². The fourth-order valence-corrected chi connectivity index (χ4v) is 4.96. The molecule has 37 heavy (non-hydrogen) atoms. The van der Waals surface area contributed by atoms with Crippen molar-refractivity contribution >= 4 is 22.5 Å². The Hall–Kier alpha value is -4.57. The minimum atomic E-state index is -0.297. The molecule has 186 valence electrons. The van der Waals surface area contributed by atoms with Crippen molar-refractivity contribution in [2.45, 2.75) is 13.5 Å². The molecule has 0 unspecified atom stereocenters. The molecule has 1 aliphatic rings. The maximum atomic E-state index is 13.6. The molecular formula is C30H28N4O3. The van der Waals surface area contributed by atoms with Crippen molar-refractivity contribution < 1.29 is 9.53 Å². The van der Waals surface area contributed by atoms with Gasteiger partial charge in [0.2, 0.25) is 0 Å². The van der Waals surface area contributed by atoms with Crippen LogP contribution in [-0.4, -0.2) is 48.7 Å². The number of hydrogen-bond acceptors (Lipinski definition) is 5. The maximum absolute atomic E-state index is 13.6. The number of rotatable bonds is 5. The Bertz CT molecular complexity index is 1540. The number of pyridine rings is 1. The highest BCUT2D eigenvalue weighted by atomic mass is 16.5. The largest absolute Gasteiger partial charge is 0.497 e. The van der Waals surface area contributed by atoms with Gasteiger partial charge < -0.3 is 19.1 Å². The monoisotopic (exact) mass is 492 g/mol. The summed E-state index contributed by atoms with van der Waals surface area (Å²) >= 11 is 0. The molecule has 7 nitrogen and oxygen atoms in total. The van der Waals surface area contributed by atoms with Gasteiger partial charge in [-0.1, -0.05) is 42.0 Å². The first-order valence-electron chi connectivity index (χ1n) is 12.3. The number of aryl methyl sites for hydroxylation is 1.